The molecule has 0 aromatic heterocycles. The maximum atomic E-state index is 5.31. The van der Waals surface area contributed by atoms with Gasteiger partial charge in [-0.3, -0.25) is 0 Å². The number of ether oxygens (including phenoxy) is 4. The van der Waals surface area contributed by atoms with E-state index in [1.54, 1.807) is 53.0 Å². The average molecular weight is 328 g/mol. The molecule has 24 heavy (non-hydrogen) atoms. The summed E-state index contributed by atoms with van der Waals surface area (Å²) in [5.41, 5.74) is 1.61. The molecule has 0 N–H and O–H groups in total. The first-order chi connectivity index (χ1) is 11.7. The van der Waals surface area contributed by atoms with Gasteiger partial charge in [0.1, 0.15) is 23.0 Å². The Labute approximate surface area is 141 Å². The van der Waals surface area contributed by atoms with Crippen LogP contribution in [0.3, 0.4) is 0 Å². The number of benzene rings is 2. The van der Waals surface area contributed by atoms with Crippen molar-refractivity contribution >= 4 is 12.4 Å². The highest BCUT2D eigenvalue weighted by atomic mass is 16.5. The standard InChI is InChI=1S/C18H20N2O4/c1-21-15-7-5-13(17(9-15)23-3)11-19-20-12-14-6-8-16(22-2)10-18(14)24-4/h5-12H,1-4H3/b19-11+,20-12+. The maximum Gasteiger partial charge on any atom is 0.131 e. The molecule has 2 aromatic carbocycles. The topological polar surface area (TPSA) is 61.6 Å². The van der Waals surface area contributed by atoms with Crippen LogP contribution in [0.4, 0.5) is 0 Å². The minimum atomic E-state index is 0.662. The number of hydrogen-bond donors (Lipinski definition) is 0. The summed E-state index contributed by atoms with van der Waals surface area (Å²) in [4.78, 5) is 0. The minimum absolute atomic E-state index is 0.662. The highest BCUT2D eigenvalue weighted by Crippen LogP contribution is 2.24. The van der Waals surface area contributed by atoms with E-state index in [0.29, 0.717) is 11.5 Å². The summed E-state index contributed by atoms with van der Waals surface area (Å²) in [5.74, 6) is 2.76. The third kappa shape index (κ3) is 4.25. The maximum absolute atomic E-state index is 5.31. The summed E-state index contributed by atoms with van der Waals surface area (Å²) in [6.45, 7) is 0. The predicted molar refractivity (Wildman–Crippen MR) is 94.3 cm³/mol. The Morgan fingerprint density at radius 1 is 0.625 bits per heavy atom. The van der Waals surface area contributed by atoms with E-state index >= 15 is 0 Å². The Balaban J connectivity index is 2.15. The molecular weight excluding hydrogens is 308 g/mol. The van der Waals surface area contributed by atoms with E-state index in [1.165, 1.54) is 0 Å². The van der Waals surface area contributed by atoms with E-state index in [2.05, 4.69) is 10.2 Å². The van der Waals surface area contributed by atoms with E-state index < -0.39 is 0 Å². The van der Waals surface area contributed by atoms with Crippen LogP contribution in [-0.2, 0) is 0 Å². The predicted octanol–water partition coefficient (Wildman–Crippen LogP) is 3.17. The number of rotatable bonds is 7. The van der Waals surface area contributed by atoms with Crippen LogP contribution < -0.4 is 18.9 Å². The first-order valence-electron chi connectivity index (χ1n) is 7.22. The lowest BCUT2D eigenvalue weighted by Gasteiger charge is -2.06. The molecule has 0 aliphatic heterocycles. The minimum Gasteiger partial charge on any atom is -0.497 e. The normalized spacial score (nSPS) is 11.0. The van der Waals surface area contributed by atoms with Gasteiger partial charge in [-0.1, -0.05) is 0 Å². The Bertz CT molecular complexity index is 678. The lowest BCUT2D eigenvalue weighted by Crippen LogP contribution is -1.93. The van der Waals surface area contributed by atoms with Crippen LogP contribution in [0, 0.1) is 0 Å². The van der Waals surface area contributed by atoms with E-state index in [0.717, 1.165) is 22.6 Å². The molecule has 0 spiro atoms. The highest BCUT2D eigenvalue weighted by molar-refractivity contribution is 5.86. The van der Waals surface area contributed by atoms with Crippen molar-refractivity contribution in [1.29, 1.82) is 0 Å². The molecule has 0 saturated carbocycles. The fraction of sp³-hybridized carbons (Fsp3) is 0.222. The lowest BCUT2D eigenvalue weighted by atomic mass is 10.2. The molecule has 2 rings (SSSR count). The van der Waals surface area contributed by atoms with Crippen LogP contribution in [0.5, 0.6) is 23.0 Å². The zero-order valence-corrected chi connectivity index (χ0v) is 14.1. The van der Waals surface area contributed by atoms with Crippen LogP contribution >= 0.6 is 0 Å². The van der Waals surface area contributed by atoms with Gasteiger partial charge >= 0.3 is 0 Å². The van der Waals surface area contributed by atoms with Crippen molar-refractivity contribution in [3.63, 3.8) is 0 Å². The van der Waals surface area contributed by atoms with Crippen LogP contribution in [0.15, 0.2) is 46.6 Å². The molecule has 6 nitrogen and oxygen atoms in total. The average Bonchev–Trinajstić information content (AvgIpc) is 2.65. The number of hydrogen-bond acceptors (Lipinski definition) is 6. The molecular formula is C18H20N2O4. The number of methoxy groups -OCH3 is 4. The highest BCUT2D eigenvalue weighted by Gasteiger charge is 2.03. The van der Waals surface area contributed by atoms with Gasteiger partial charge in [0.15, 0.2) is 0 Å². The van der Waals surface area contributed by atoms with Gasteiger partial charge in [0.05, 0.1) is 40.9 Å². The van der Waals surface area contributed by atoms with Crippen LogP contribution in [0.1, 0.15) is 11.1 Å². The van der Waals surface area contributed by atoms with Gasteiger partial charge in [-0.15, -0.1) is 0 Å². The van der Waals surface area contributed by atoms with Gasteiger partial charge in [-0.2, -0.15) is 10.2 Å². The summed E-state index contributed by atoms with van der Waals surface area (Å²) in [7, 11) is 6.40. The molecule has 126 valence electrons. The van der Waals surface area contributed by atoms with Crippen LogP contribution in [-0.4, -0.2) is 40.9 Å². The van der Waals surface area contributed by atoms with Gasteiger partial charge in [0.2, 0.25) is 0 Å². The Morgan fingerprint density at radius 3 is 1.38 bits per heavy atom. The zero-order chi connectivity index (χ0) is 17.4. The summed E-state index contributed by atoms with van der Waals surface area (Å²) in [5, 5.41) is 8.11. The smallest absolute Gasteiger partial charge is 0.131 e. The molecule has 2 aromatic rings. The van der Waals surface area contributed by atoms with Crippen molar-refractivity contribution in [1.82, 2.24) is 0 Å². The van der Waals surface area contributed by atoms with E-state index in [-0.39, 0.29) is 0 Å². The Morgan fingerprint density at radius 2 is 1.04 bits per heavy atom. The summed E-state index contributed by atoms with van der Waals surface area (Å²) >= 11 is 0. The van der Waals surface area contributed by atoms with Crippen LogP contribution in [0.2, 0.25) is 0 Å². The zero-order valence-electron chi connectivity index (χ0n) is 14.1. The molecule has 0 bridgehead atoms. The van der Waals surface area contributed by atoms with Crippen LogP contribution in [0.25, 0.3) is 0 Å². The van der Waals surface area contributed by atoms with Gasteiger partial charge in [0.25, 0.3) is 0 Å². The van der Waals surface area contributed by atoms with Gasteiger partial charge in [-0.05, 0) is 24.3 Å². The summed E-state index contributed by atoms with van der Waals surface area (Å²) < 4.78 is 20.9. The van der Waals surface area contributed by atoms with Crippen molar-refractivity contribution < 1.29 is 18.9 Å². The molecule has 0 unspecified atom stereocenters. The Kier molecular flexibility index (Phi) is 6.19. The largest absolute Gasteiger partial charge is 0.497 e. The molecule has 0 radical (unpaired) electrons. The molecule has 0 heterocycles. The van der Waals surface area contributed by atoms with E-state index in [9.17, 15) is 0 Å². The van der Waals surface area contributed by atoms with E-state index in [1.807, 2.05) is 24.3 Å². The molecule has 0 atom stereocenters. The van der Waals surface area contributed by atoms with Crippen molar-refractivity contribution in [3.05, 3.63) is 47.5 Å². The second-order valence-electron chi connectivity index (χ2n) is 4.70. The molecule has 0 amide bonds. The molecule has 0 aliphatic rings. The second kappa shape index (κ2) is 8.57. The fourth-order valence-electron chi connectivity index (χ4n) is 2.04. The third-order valence-corrected chi connectivity index (χ3v) is 3.34. The van der Waals surface area contributed by atoms with Crippen molar-refractivity contribution in [3.8, 4) is 23.0 Å². The molecule has 6 heteroatoms. The summed E-state index contributed by atoms with van der Waals surface area (Å²) in [6, 6.07) is 10.9. The van der Waals surface area contributed by atoms with Crippen molar-refractivity contribution in [2.75, 3.05) is 28.4 Å². The van der Waals surface area contributed by atoms with Crippen molar-refractivity contribution in [2.24, 2.45) is 10.2 Å². The quantitative estimate of drug-likeness (QED) is 0.578. The van der Waals surface area contributed by atoms with Crippen molar-refractivity contribution in [2.45, 2.75) is 0 Å². The monoisotopic (exact) mass is 328 g/mol. The van der Waals surface area contributed by atoms with E-state index in [4.69, 9.17) is 18.9 Å². The number of nitrogens with zero attached hydrogens (tertiary/aromatic N) is 2. The Hall–Kier alpha value is -3.02. The second-order valence-corrected chi connectivity index (χ2v) is 4.70. The van der Waals surface area contributed by atoms with Gasteiger partial charge < -0.3 is 18.9 Å². The summed E-state index contributed by atoms with van der Waals surface area (Å²) in [6.07, 6.45) is 3.23. The van der Waals surface area contributed by atoms with Gasteiger partial charge in [-0.25, -0.2) is 0 Å². The molecule has 0 saturated heterocycles. The fourth-order valence-corrected chi connectivity index (χ4v) is 2.04. The first-order valence-corrected chi connectivity index (χ1v) is 7.22. The lowest BCUT2D eigenvalue weighted by molar-refractivity contribution is 0.393. The SMILES string of the molecule is COc1ccc(/C=N/N=C/c2ccc(OC)cc2OC)c(OC)c1. The third-order valence-electron chi connectivity index (χ3n) is 3.34. The van der Waals surface area contributed by atoms with Gasteiger partial charge in [0, 0.05) is 23.3 Å². The molecule has 0 aliphatic carbocycles. The molecule has 0 fully saturated rings. The first kappa shape index (κ1) is 17.3.